The van der Waals surface area contributed by atoms with E-state index in [9.17, 15) is 9.59 Å². The molecule has 0 fully saturated rings. The zero-order valence-corrected chi connectivity index (χ0v) is 14.5. The zero-order valence-electron chi connectivity index (χ0n) is 12.9. The predicted octanol–water partition coefficient (Wildman–Crippen LogP) is 2.42. The fourth-order valence-electron chi connectivity index (χ4n) is 1.92. The van der Waals surface area contributed by atoms with Crippen LogP contribution in [-0.4, -0.2) is 30.2 Å². The highest BCUT2D eigenvalue weighted by atomic mass is 32.2. The molecule has 124 valence electrons. The van der Waals surface area contributed by atoms with Gasteiger partial charge in [-0.25, -0.2) is 0 Å². The minimum atomic E-state index is -0.457. The summed E-state index contributed by atoms with van der Waals surface area (Å²) in [6.45, 7) is 0.170. The van der Waals surface area contributed by atoms with Crippen molar-refractivity contribution in [3.63, 3.8) is 0 Å². The van der Waals surface area contributed by atoms with Crippen LogP contribution in [0.3, 0.4) is 0 Å². The number of carbonyl (C=O) groups excluding carboxylic acids is 2. The van der Waals surface area contributed by atoms with Crippen molar-refractivity contribution in [3.05, 3.63) is 58.3 Å². The second-order valence-electron chi connectivity index (χ2n) is 4.88. The monoisotopic (exact) mass is 359 g/mol. The first kappa shape index (κ1) is 18.0. The molecule has 0 saturated heterocycles. The van der Waals surface area contributed by atoms with Gasteiger partial charge in [-0.3, -0.25) is 9.59 Å². The Morgan fingerprint density at radius 3 is 2.67 bits per heavy atom. The molecule has 1 unspecified atom stereocenters. The molecule has 1 aromatic carbocycles. The van der Waals surface area contributed by atoms with Crippen LogP contribution >= 0.6 is 23.1 Å². The number of nitrogens with one attached hydrogen (secondary N) is 2. The lowest BCUT2D eigenvalue weighted by molar-refractivity contribution is -0.120. The predicted molar refractivity (Wildman–Crippen MR) is 96.8 cm³/mol. The standard InChI is InChI=1S/C17H17N3O2S2/c18-7-8-19-17(22)15(24-11-13-4-2-1-3-5-13)10-20-16(21)14-6-9-23-12-14/h1-6,9,12,15H,8,10-11H2,(H,19,22)(H,20,21). The number of rotatable bonds is 8. The van der Waals surface area contributed by atoms with Crippen LogP contribution in [0.2, 0.25) is 0 Å². The van der Waals surface area contributed by atoms with Crippen LogP contribution in [0.25, 0.3) is 0 Å². The quantitative estimate of drug-likeness (QED) is 0.709. The number of amides is 2. The van der Waals surface area contributed by atoms with Gasteiger partial charge < -0.3 is 10.6 Å². The first-order chi connectivity index (χ1) is 11.7. The molecule has 2 aromatic rings. The summed E-state index contributed by atoms with van der Waals surface area (Å²) in [4.78, 5) is 24.2. The van der Waals surface area contributed by atoms with Crippen molar-refractivity contribution in [2.45, 2.75) is 11.0 Å². The summed E-state index contributed by atoms with van der Waals surface area (Å²) in [5.74, 6) is 0.206. The number of thioether (sulfide) groups is 1. The Balaban J connectivity index is 1.93. The topological polar surface area (TPSA) is 82.0 Å². The molecule has 2 N–H and O–H groups in total. The lowest BCUT2D eigenvalue weighted by atomic mass is 10.2. The van der Waals surface area contributed by atoms with E-state index < -0.39 is 5.25 Å². The van der Waals surface area contributed by atoms with Gasteiger partial charge in [0.2, 0.25) is 5.91 Å². The van der Waals surface area contributed by atoms with Gasteiger partial charge in [0, 0.05) is 23.2 Å². The van der Waals surface area contributed by atoms with Crippen molar-refractivity contribution in [1.82, 2.24) is 10.6 Å². The molecule has 1 heterocycles. The lowest BCUT2D eigenvalue weighted by Gasteiger charge is -2.16. The largest absolute Gasteiger partial charge is 0.350 e. The molecule has 2 amide bonds. The summed E-state index contributed by atoms with van der Waals surface area (Å²) < 4.78 is 0. The number of nitrogens with zero attached hydrogens (tertiary/aromatic N) is 1. The van der Waals surface area contributed by atoms with Crippen molar-refractivity contribution in [2.75, 3.05) is 13.1 Å². The molecule has 1 atom stereocenters. The maximum atomic E-state index is 12.2. The van der Waals surface area contributed by atoms with Gasteiger partial charge in [0.25, 0.3) is 5.91 Å². The number of thiophene rings is 1. The molecular formula is C17H17N3O2S2. The van der Waals surface area contributed by atoms with Crippen LogP contribution < -0.4 is 10.6 Å². The van der Waals surface area contributed by atoms with E-state index in [1.165, 1.54) is 23.1 Å². The van der Waals surface area contributed by atoms with Crippen molar-refractivity contribution in [1.29, 1.82) is 5.26 Å². The van der Waals surface area contributed by atoms with E-state index in [0.29, 0.717) is 11.3 Å². The Kier molecular flexibility index (Phi) is 7.33. The summed E-state index contributed by atoms with van der Waals surface area (Å²) in [7, 11) is 0. The average Bonchev–Trinajstić information content (AvgIpc) is 3.15. The highest BCUT2D eigenvalue weighted by molar-refractivity contribution is 7.99. The molecule has 0 spiro atoms. The van der Waals surface area contributed by atoms with Gasteiger partial charge in [-0.2, -0.15) is 16.6 Å². The van der Waals surface area contributed by atoms with E-state index in [4.69, 9.17) is 5.26 Å². The number of carbonyl (C=O) groups is 2. The summed E-state index contributed by atoms with van der Waals surface area (Å²) in [5.41, 5.74) is 1.69. The van der Waals surface area contributed by atoms with E-state index in [0.717, 1.165) is 5.56 Å². The average molecular weight is 359 g/mol. The van der Waals surface area contributed by atoms with Gasteiger partial charge in [0.1, 0.15) is 11.8 Å². The van der Waals surface area contributed by atoms with E-state index in [2.05, 4.69) is 10.6 Å². The molecule has 0 aliphatic carbocycles. The van der Waals surface area contributed by atoms with Gasteiger partial charge in [0.15, 0.2) is 0 Å². The molecule has 0 aliphatic heterocycles. The Hall–Kier alpha value is -2.30. The third-order valence-electron chi connectivity index (χ3n) is 3.16. The Morgan fingerprint density at radius 2 is 2.00 bits per heavy atom. The van der Waals surface area contributed by atoms with Crippen LogP contribution in [0, 0.1) is 11.3 Å². The normalized spacial score (nSPS) is 11.3. The highest BCUT2D eigenvalue weighted by Crippen LogP contribution is 2.18. The third kappa shape index (κ3) is 5.72. The molecule has 2 rings (SSSR count). The third-order valence-corrected chi connectivity index (χ3v) is 5.13. The molecule has 0 saturated carbocycles. The Morgan fingerprint density at radius 1 is 1.21 bits per heavy atom. The van der Waals surface area contributed by atoms with E-state index in [1.54, 1.807) is 11.4 Å². The number of hydrogen-bond acceptors (Lipinski definition) is 5. The number of nitriles is 1. The van der Waals surface area contributed by atoms with E-state index >= 15 is 0 Å². The molecule has 5 nitrogen and oxygen atoms in total. The van der Waals surface area contributed by atoms with Gasteiger partial charge in [0.05, 0.1) is 6.07 Å². The molecule has 7 heteroatoms. The molecule has 0 radical (unpaired) electrons. The molecule has 0 aliphatic rings. The fraction of sp³-hybridized carbons (Fsp3) is 0.235. The minimum absolute atomic E-state index is 0.0420. The summed E-state index contributed by atoms with van der Waals surface area (Å²) in [6, 6.07) is 13.4. The molecule has 0 bridgehead atoms. The summed E-state index contributed by atoms with van der Waals surface area (Å²) in [5, 5.41) is 17.1. The van der Waals surface area contributed by atoms with Crippen LogP contribution in [-0.2, 0) is 10.5 Å². The molecule has 1 aromatic heterocycles. The van der Waals surface area contributed by atoms with Gasteiger partial charge in [-0.05, 0) is 17.0 Å². The lowest BCUT2D eigenvalue weighted by Crippen LogP contribution is -2.41. The van der Waals surface area contributed by atoms with Crippen molar-refractivity contribution in [2.24, 2.45) is 0 Å². The first-order valence-electron chi connectivity index (χ1n) is 7.31. The fourth-order valence-corrected chi connectivity index (χ4v) is 3.58. The zero-order chi connectivity index (χ0) is 17.2. The number of benzene rings is 1. The van der Waals surface area contributed by atoms with Gasteiger partial charge >= 0.3 is 0 Å². The summed E-state index contributed by atoms with van der Waals surface area (Å²) >= 11 is 2.88. The van der Waals surface area contributed by atoms with E-state index in [-0.39, 0.29) is 24.9 Å². The number of hydrogen-bond donors (Lipinski definition) is 2. The smallest absolute Gasteiger partial charge is 0.252 e. The van der Waals surface area contributed by atoms with Crippen LogP contribution in [0.15, 0.2) is 47.2 Å². The SMILES string of the molecule is N#CCNC(=O)C(CNC(=O)c1ccsc1)SCc1ccccc1. The van der Waals surface area contributed by atoms with Crippen LogP contribution in [0.4, 0.5) is 0 Å². The second kappa shape index (κ2) is 9.75. The van der Waals surface area contributed by atoms with E-state index in [1.807, 2.05) is 41.8 Å². The Labute approximate surface area is 149 Å². The first-order valence-corrected chi connectivity index (χ1v) is 9.30. The molecule has 24 heavy (non-hydrogen) atoms. The van der Waals surface area contributed by atoms with Crippen LogP contribution in [0.1, 0.15) is 15.9 Å². The van der Waals surface area contributed by atoms with Crippen LogP contribution in [0.5, 0.6) is 0 Å². The van der Waals surface area contributed by atoms with Crippen molar-refractivity contribution in [3.8, 4) is 6.07 Å². The van der Waals surface area contributed by atoms with Crippen molar-refractivity contribution < 1.29 is 9.59 Å². The van der Waals surface area contributed by atoms with Crippen molar-refractivity contribution >= 4 is 34.9 Å². The maximum absolute atomic E-state index is 12.2. The maximum Gasteiger partial charge on any atom is 0.252 e. The van der Waals surface area contributed by atoms with Gasteiger partial charge in [-0.15, -0.1) is 11.8 Å². The second-order valence-corrected chi connectivity index (χ2v) is 6.85. The summed E-state index contributed by atoms with van der Waals surface area (Å²) in [6.07, 6.45) is 0. The molecular weight excluding hydrogens is 342 g/mol. The Bertz CT molecular complexity index is 696. The minimum Gasteiger partial charge on any atom is -0.350 e. The van der Waals surface area contributed by atoms with Gasteiger partial charge in [-0.1, -0.05) is 30.3 Å². The highest BCUT2D eigenvalue weighted by Gasteiger charge is 2.20.